The van der Waals surface area contributed by atoms with Crippen LogP contribution in [0, 0.1) is 0 Å². The number of nitrogens with zero attached hydrogens (tertiary/aromatic N) is 1. The average Bonchev–Trinajstić information content (AvgIpc) is 2.53. The summed E-state index contributed by atoms with van der Waals surface area (Å²) < 4.78 is 0. The Morgan fingerprint density at radius 3 is 2.00 bits per heavy atom. The highest BCUT2D eigenvalue weighted by molar-refractivity contribution is 5.97. The number of unbranched alkanes of at least 4 members (excludes halogenated alkanes) is 2. The van der Waals surface area contributed by atoms with Crippen molar-refractivity contribution in [3.63, 3.8) is 0 Å². The molecule has 0 saturated heterocycles. The van der Waals surface area contributed by atoms with E-state index in [1.807, 2.05) is 23.1 Å². The summed E-state index contributed by atoms with van der Waals surface area (Å²) in [4.78, 5) is 26.2. The molecule has 0 saturated carbocycles. The summed E-state index contributed by atoms with van der Waals surface area (Å²) >= 11 is 0. The third-order valence-electron chi connectivity index (χ3n) is 3.58. The minimum absolute atomic E-state index is 0.0508. The molecule has 0 aliphatic carbocycles. The molecule has 0 N–H and O–H groups in total. The van der Waals surface area contributed by atoms with E-state index in [4.69, 9.17) is 0 Å². The van der Waals surface area contributed by atoms with E-state index in [-0.39, 0.29) is 11.7 Å². The Hall–Kier alpha value is -1.64. The van der Waals surface area contributed by atoms with Crippen LogP contribution in [-0.4, -0.2) is 29.7 Å². The van der Waals surface area contributed by atoms with E-state index in [0.717, 1.165) is 38.8 Å². The van der Waals surface area contributed by atoms with Gasteiger partial charge in [0.15, 0.2) is 5.78 Å². The van der Waals surface area contributed by atoms with Gasteiger partial charge in [0.05, 0.1) is 0 Å². The molecule has 3 heteroatoms. The number of hydrogen-bond donors (Lipinski definition) is 0. The number of carbonyl (C=O) groups is 2. The summed E-state index contributed by atoms with van der Waals surface area (Å²) in [6.07, 6.45) is 4.85. The maximum Gasteiger partial charge on any atom is 0.223 e. The molecule has 0 bridgehead atoms. The molecule has 0 spiro atoms. The molecule has 1 rings (SSSR count). The summed E-state index contributed by atoms with van der Waals surface area (Å²) in [6, 6.07) is 9.20. The Morgan fingerprint density at radius 1 is 0.905 bits per heavy atom. The molecular weight excluding hydrogens is 262 g/mol. The Balaban J connectivity index is 2.46. The lowest BCUT2D eigenvalue weighted by molar-refractivity contribution is -0.131. The molecule has 0 fully saturated rings. The molecule has 0 radical (unpaired) electrons. The van der Waals surface area contributed by atoms with Gasteiger partial charge in [-0.15, -0.1) is 0 Å². The predicted octanol–water partition coefficient (Wildman–Crippen LogP) is 4.08. The fourth-order valence-corrected chi connectivity index (χ4v) is 2.21. The van der Waals surface area contributed by atoms with Crippen molar-refractivity contribution >= 4 is 11.7 Å². The summed E-state index contributed by atoms with van der Waals surface area (Å²) in [7, 11) is 0. The highest BCUT2D eigenvalue weighted by Crippen LogP contribution is 2.08. The van der Waals surface area contributed by atoms with Gasteiger partial charge in [-0.3, -0.25) is 9.59 Å². The Bertz CT molecular complexity index is 420. The van der Waals surface area contributed by atoms with E-state index in [1.165, 1.54) is 0 Å². The second-order valence-electron chi connectivity index (χ2n) is 5.38. The van der Waals surface area contributed by atoms with E-state index in [9.17, 15) is 9.59 Å². The van der Waals surface area contributed by atoms with E-state index in [1.54, 1.807) is 12.1 Å². The molecule has 0 atom stereocenters. The standard InChI is InChI=1S/C18H27NO2/c1-3-5-14-19(15-6-4-2)18(21)13-12-17(20)16-10-8-7-9-11-16/h7-11H,3-6,12-15H2,1-2H3. The maximum atomic E-state index is 12.3. The van der Waals surface area contributed by atoms with Crippen LogP contribution in [0.3, 0.4) is 0 Å². The fourth-order valence-electron chi connectivity index (χ4n) is 2.21. The molecule has 0 unspecified atom stereocenters. The van der Waals surface area contributed by atoms with Crippen LogP contribution in [0.4, 0.5) is 0 Å². The number of benzene rings is 1. The zero-order valence-electron chi connectivity index (χ0n) is 13.3. The summed E-state index contributed by atoms with van der Waals surface area (Å²) in [5, 5.41) is 0. The largest absolute Gasteiger partial charge is 0.343 e. The molecule has 116 valence electrons. The maximum absolute atomic E-state index is 12.3. The van der Waals surface area contributed by atoms with Gasteiger partial charge in [0, 0.05) is 31.5 Å². The third kappa shape index (κ3) is 6.56. The monoisotopic (exact) mass is 289 g/mol. The first-order chi connectivity index (χ1) is 10.2. The van der Waals surface area contributed by atoms with Crippen molar-refractivity contribution < 1.29 is 9.59 Å². The zero-order chi connectivity index (χ0) is 15.5. The Morgan fingerprint density at radius 2 is 1.48 bits per heavy atom. The topological polar surface area (TPSA) is 37.4 Å². The van der Waals surface area contributed by atoms with E-state index in [0.29, 0.717) is 18.4 Å². The number of rotatable bonds is 10. The average molecular weight is 289 g/mol. The molecule has 0 aromatic heterocycles. The van der Waals surface area contributed by atoms with Gasteiger partial charge < -0.3 is 4.90 Å². The van der Waals surface area contributed by atoms with Crippen molar-refractivity contribution in [2.24, 2.45) is 0 Å². The number of hydrogen-bond acceptors (Lipinski definition) is 2. The van der Waals surface area contributed by atoms with Crippen LogP contribution in [0.2, 0.25) is 0 Å². The van der Waals surface area contributed by atoms with Gasteiger partial charge in [-0.2, -0.15) is 0 Å². The molecule has 21 heavy (non-hydrogen) atoms. The van der Waals surface area contributed by atoms with Gasteiger partial charge in [-0.25, -0.2) is 0 Å². The summed E-state index contributed by atoms with van der Waals surface area (Å²) in [5.74, 6) is 0.163. The lowest BCUT2D eigenvalue weighted by Crippen LogP contribution is -2.33. The van der Waals surface area contributed by atoms with Crippen LogP contribution in [0.1, 0.15) is 62.7 Å². The van der Waals surface area contributed by atoms with Crippen molar-refractivity contribution in [1.29, 1.82) is 0 Å². The SMILES string of the molecule is CCCCN(CCCC)C(=O)CCC(=O)c1ccccc1. The summed E-state index contributed by atoms with van der Waals surface area (Å²) in [5.41, 5.74) is 0.693. The van der Waals surface area contributed by atoms with Gasteiger partial charge in [-0.05, 0) is 12.8 Å². The fraction of sp³-hybridized carbons (Fsp3) is 0.556. The quantitative estimate of drug-likeness (QED) is 0.609. The predicted molar refractivity (Wildman–Crippen MR) is 86.4 cm³/mol. The van der Waals surface area contributed by atoms with Crippen LogP contribution >= 0.6 is 0 Å². The van der Waals surface area contributed by atoms with Crippen molar-refractivity contribution in [1.82, 2.24) is 4.90 Å². The zero-order valence-corrected chi connectivity index (χ0v) is 13.3. The van der Waals surface area contributed by atoms with Crippen molar-refractivity contribution in [2.45, 2.75) is 52.4 Å². The number of Topliss-reactive ketones (excluding diaryl/α,β-unsaturated/α-hetero) is 1. The first-order valence-electron chi connectivity index (χ1n) is 8.05. The summed E-state index contributed by atoms with van der Waals surface area (Å²) in [6.45, 7) is 5.88. The van der Waals surface area contributed by atoms with Gasteiger partial charge in [0.1, 0.15) is 0 Å². The van der Waals surface area contributed by atoms with Gasteiger partial charge in [0.25, 0.3) is 0 Å². The Kier molecular flexibility index (Phi) is 8.41. The minimum Gasteiger partial charge on any atom is -0.343 e. The van der Waals surface area contributed by atoms with Gasteiger partial charge in [-0.1, -0.05) is 57.0 Å². The molecular formula is C18H27NO2. The second-order valence-corrected chi connectivity index (χ2v) is 5.38. The molecule has 1 aromatic carbocycles. The molecule has 0 aliphatic rings. The van der Waals surface area contributed by atoms with E-state index < -0.39 is 0 Å². The highest BCUT2D eigenvalue weighted by Gasteiger charge is 2.14. The molecule has 1 aromatic rings. The van der Waals surface area contributed by atoms with Crippen LogP contribution in [0.5, 0.6) is 0 Å². The van der Waals surface area contributed by atoms with Crippen molar-refractivity contribution in [2.75, 3.05) is 13.1 Å². The van der Waals surface area contributed by atoms with Crippen molar-refractivity contribution in [3.05, 3.63) is 35.9 Å². The van der Waals surface area contributed by atoms with E-state index in [2.05, 4.69) is 13.8 Å². The van der Waals surface area contributed by atoms with Crippen molar-refractivity contribution in [3.8, 4) is 0 Å². The third-order valence-corrected chi connectivity index (χ3v) is 3.58. The second kappa shape index (κ2) is 10.1. The van der Waals surface area contributed by atoms with Crippen LogP contribution in [-0.2, 0) is 4.79 Å². The molecule has 0 aliphatic heterocycles. The molecule has 0 heterocycles. The minimum atomic E-state index is 0.0508. The lowest BCUT2D eigenvalue weighted by atomic mass is 10.1. The lowest BCUT2D eigenvalue weighted by Gasteiger charge is -2.22. The normalized spacial score (nSPS) is 10.4. The first kappa shape index (κ1) is 17.4. The van der Waals surface area contributed by atoms with Gasteiger partial charge in [0.2, 0.25) is 5.91 Å². The van der Waals surface area contributed by atoms with Crippen LogP contribution < -0.4 is 0 Å². The van der Waals surface area contributed by atoms with E-state index >= 15 is 0 Å². The van der Waals surface area contributed by atoms with Crippen LogP contribution in [0.15, 0.2) is 30.3 Å². The molecule has 3 nitrogen and oxygen atoms in total. The first-order valence-corrected chi connectivity index (χ1v) is 8.05. The number of carbonyl (C=O) groups excluding carboxylic acids is 2. The highest BCUT2D eigenvalue weighted by atomic mass is 16.2. The number of amides is 1. The van der Waals surface area contributed by atoms with Gasteiger partial charge >= 0.3 is 0 Å². The smallest absolute Gasteiger partial charge is 0.223 e. The number of ketones is 1. The van der Waals surface area contributed by atoms with Crippen LogP contribution in [0.25, 0.3) is 0 Å². The Labute approximate surface area is 128 Å². The molecule has 1 amide bonds.